The highest BCUT2D eigenvalue weighted by molar-refractivity contribution is 6.31. The van der Waals surface area contributed by atoms with Crippen LogP contribution in [0.25, 0.3) is 0 Å². The maximum Gasteiger partial charge on any atom is 0.417 e. The third kappa shape index (κ3) is 2.54. The van der Waals surface area contributed by atoms with Crippen LogP contribution in [0.5, 0.6) is 0 Å². The quantitative estimate of drug-likeness (QED) is 0.882. The Bertz CT molecular complexity index is 681. The van der Waals surface area contributed by atoms with Gasteiger partial charge in [-0.3, -0.25) is 0 Å². The van der Waals surface area contributed by atoms with Crippen LogP contribution >= 0.6 is 11.6 Å². The van der Waals surface area contributed by atoms with Crippen molar-refractivity contribution < 1.29 is 27.8 Å². The summed E-state index contributed by atoms with van der Waals surface area (Å²) in [5, 5.41) is 8.89. The van der Waals surface area contributed by atoms with Gasteiger partial charge in [0.05, 0.1) is 17.2 Å². The Labute approximate surface area is 142 Å². The van der Waals surface area contributed by atoms with Gasteiger partial charge < -0.3 is 14.7 Å². The Morgan fingerprint density at radius 2 is 2.17 bits per heavy atom. The van der Waals surface area contributed by atoms with Crippen LogP contribution in [0.4, 0.5) is 18.0 Å². The summed E-state index contributed by atoms with van der Waals surface area (Å²) in [6, 6.07) is 4.00. The van der Waals surface area contributed by atoms with Crippen LogP contribution in [0, 0.1) is 5.41 Å². The van der Waals surface area contributed by atoms with E-state index in [2.05, 4.69) is 0 Å². The summed E-state index contributed by atoms with van der Waals surface area (Å²) in [6.07, 6.45) is -4.46. The molecule has 24 heavy (non-hydrogen) atoms. The van der Waals surface area contributed by atoms with Crippen LogP contribution in [-0.4, -0.2) is 42.9 Å². The number of methoxy groups -OCH3 is 1. The van der Waals surface area contributed by atoms with E-state index in [1.54, 1.807) is 6.07 Å². The topological polar surface area (TPSA) is 49.8 Å². The molecule has 0 bridgehead atoms. The summed E-state index contributed by atoms with van der Waals surface area (Å²) in [5.41, 5.74) is -1.26. The van der Waals surface area contributed by atoms with Gasteiger partial charge in [0.25, 0.3) is 0 Å². The van der Waals surface area contributed by atoms with Crippen LogP contribution in [-0.2, 0) is 16.3 Å². The van der Waals surface area contributed by atoms with Gasteiger partial charge in [-0.1, -0.05) is 17.7 Å². The number of halogens is 4. The van der Waals surface area contributed by atoms with Gasteiger partial charge in [-0.2, -0.15) is 13.2 Å². The van der Waals surface area contributed by atoms with E-state index in [0.29, 0.717) is 31.6 Å². The molecule has 2 fully saturated rings. The number of nitrogens with zero attached hydrogens (tertiary/aromatic N) is 1. The minimum atomic E-state index is -4.52. The zero-order valence-corrected chi connectivity index (χ0v) is 13.7. The number of benzene rings is 1. The second-order valence-corrected chi connectivity index (χ2v) is 7.03. The van der Waals surface area contributed by atoms with E-state index < -0.39 is 28.7 Å². The summed E-state index contributed by atoms with van der Waals surface area (Å²) < 4.78 is 44.7. The van der Waals surface area contributed by atoms with Gasteiger partial charge >= 0.3 is 12.3 Å². The lowest BCUT2D eigenvalue weighted by Gasteiger charge is -2.36. The van der Waals surface area contributed by atoms with Gasteiger partial charge in [0.15, 0.2) is 0 Å². The number of ether oxygens (including phenoxy) is 1. The number of piperidine rings is 1. The Balaban J connectivity index is 1.99. The van der Waals surface area contributed by atoms with Crippen LogP contribution in [0.1, 0.15) is 24.0 Å². The zero-order chi connectivity index (χ0) is 17.8. The lowest BCUT2D eigenvalue weighted by molar-refractivity contribution is -0.137. The van der Waals surface area contributed by atoms with Gasteiger partial charge in [0.2, 0.25) is 0 Å². The van der Waals surface area contributed by atoms with Crippen LogP contribution < -0.4 is 0 Å². The Kier molecular flexibility index (Phi) is 3.99. The standard InChI is InChI=1S/C16H17ClF3NO3/c1-24-9-14-7-15(14,4-5-21(8-14)13(22)23)10-2-3-12(17)11(6-10)16(18,19)20/h2-3,6H,4-5,7-9H2,1H3,(H,22,23). The lowest BCUT2D eigenvalue weighted by Crippen LogP contribution is -2.46. The molecule has 1 amide bonds. The molecule has 8 heteroatoms. The summed E-state index contributed by atoms with van der Waals surface area (Å²) in [5.74, 6) is 0. The fourth-order valence-corrected chi connectivity index (χ4v) is 4.36. The summed E-state index contributed by atoms with van der Waals surface area (Å²) in [4.78, 5) is 12.6. The number of rotatable bonds is 3. The molecular weight excluding hydrogens is 347 g/mol. The van der Waals surface area contributed by atoms with E-state index in [1.807, 2.05) is 0 Å². The predicted molar refractivity (Wildman–Crippen MR) is 81.3 cm³/mol. The van der Waals surface area contributed by atoms with Crippen LogP contribution in [0.2, 0.25) is 5.02 Å². The van der Waals surface area contributed by atoms with Gasteiger partial charge in [-0.05, 0) is 30.5 Å². The normalized spacial score (nSPS) is 29.3. The number of carboxylic acid groups (broad SMARTS) is 1. The first-order chi connectivity index (χ1) is 11.2. The molecule has 0 radical (unpaired) electrons. The van der Waals surface area contributed by atoms with Crippen molar-refractivity contribution in [3.63, 3.8) is 0 Å². The fourth-order valence-electron chi connectivity index (χ4n) is 4.13. The summed E-state index contributed by atoms with van der Waals surface area (Å²) in [7, 11) is 1.51. The van der Waals surface area contributed by atoms with Crippen LogP contribution in [0.3, 0.4) is 0 Å². The Hall–Kier alpha value is -1.47. The number of hydrogen-bond acceptors (Lipinski definition) is 2. The summed E-state index contributed by atoms with van der Waals surface area (Å²) >= 11 is 5.71. The van der Waals surface area contributed by atoms with E-state index >= 15 is 0 Å². The highest BCUT2D eigenvalue weighted by Crippen LogP contribution is 2.69. The SMILES string of the molecule is COCC12CN(C(=O)O)CCC1(c1ccc(Cl)c(C(F)(F)F)c1)C2. The Morgan fingerprint density at radius 1 is 1.46 bits per heavy atom. The molecule has 2 atom stereocenters. The molecule has 1 heterocycles. The average Bonchev–Trinajstić information content (AvgIpc) is 3.15. The van der Waals surface area contributed by atoms with Crippen molar-refractivity contribution in [1.29, 1.82) is 0 Å². The molecule has 1 saturated heterocycles. The fraction of sp³-hybridized carbons (Fsp3) is 0.562. The number of hydrogen-bond donors (Lipinski definition) is 1. The molecule has 132 valence electrons. The minimum absolute atomic E-state index is 0.264. The molecule has 1 saturated carbocycles. The van der Waals surface area contributed by atoms with E-state index in [-0.39, 0.29) is 11.6 Å². The minimum Gasteiger partial charge on any atom is -0.465 e. The van der Waals surface area contributed by atoms with Crippen molar-refractivity contribution in [3.8, 4) is 0 Å². The van der Waals surface area contributed by atoms with Gasteiger partial charge in [-0.25, -0.2) is 4.79 Å². The molecule has 1 aliphatic carbocycles. The van der Waals surface area contributed by atoms with Crippen molar-refractivity contribution in [2.75, 3.05) is 26.8 Å². The first-order valence-electron chi connectivity index (χ1n) is 7.49. The van der Waals surface area contributed by atoms with Crippen molar-refractivity contribution in [3.05, 3.63) is 34.3 Å². The maximum atomic E-state index is 13.2. The molecule has 1 aromatic carbocycles. The number of alkyl halides is 3. The lowest BCUT2D eigenvalue weighted by atomic mass is 9.80. The van der Waals surface area contributed by atoms with E-state index in [9.17, 15) is 23.1 Å². The molecule has 3 rings (SSSR count). The molecule has 1 aliphatic heterocycles. The number of fused-ring (bicyclic) bond motifs is 1. The maximum absolute atomic E-state index is 13.2. The largest absolute Gasteiger partial charge is 0.465 e. The van der Waals surface area contributed by atoms with Gasteiger partial charge in [0, 0.05) is 31.0 Å². The highest BCUT2D eigenvalue weighted by Gasteiger charge is 2.70. The Morgan fingerprint density at radius 3 is 2.75 bits per heavy atom. The monoisotopic (exact) mass is 363 g/mol. The summed E-state index contributed by atoms with van der Waals surface area (Å²) in [6.45, 7) is 0.867. The smallest absolute Gasteiger partial charge is 0.417 e. The first kappa shape index (κ1) is 17.4. The molecule has 2 aliphatic rings. The third-order valence-electron chi connectivity index (χ3n) is 5.35. The number of amides is 1. The van der Waals surface area contributed by atoms with E-state index in [4.69, 9.17) is 16.3 Å². The number of carbonyl (C=O) groups is 1. The van der Waals surface area contributed by atoms with E-state index in [0.717, 1.165) is 6.07 Å². The molecule has 4 nitrogen and oxygen atoms in total. The van der Waals surface area contributed by atoms with Crippen molar-refractivity contribution in [1.82, 2.24) is 4.90 Å². The van der Waals surface area contributed by atoms with Crippen molar-refractivity contribution in [2.45, 2.75) is 24.4 Å². The van der Waals surface area contributed by atoms with Crippen molar-refractivity contribution in [2.24, 2.45) is 5.41 Å². The van der Waals surface area contributed by atoms with Crippen molar-refractivity contribution >= 4 is 17.7 Å². The highest BCUT2D eigenvalue weighted by atomic mass is 35.5. The molecule has 0 spiro atoms. The second kappa shape index (κ2) is 5.52. The van der Waals surface area contributed by atoms with Gasteiger partial charge in [0.1, 0.15) is 0 Å². The van der Waals surface area contributed by atoms with Crippen LogP contribution in [0.15, 0.2) is 18.2 Å². The number of likely N-dealkylation sites (tertiary alicyclic amines) is 1. The second-order valence-electron chi connectivity index (χ2n) is 6.62. The molecule has 2 unspecified atom stereocenters. The first-order valence-corrected chi connectivity index (χ1v) is 7.87. The van der Waals surface area contributed by atoms with E-state index in [1.165, 1.54) is 18.1 Å². The zero-order valence-electron chi connectivity index (χ0n) is 13.0. The predicted octanol–water partition coefficient (Wildman–Crippen LogP) is 4.02. The average molecular weight is 364 g/mol. The molecule has 1 aromatic rings. The molecule has 0 aromatic heterocycles. The third-order valence-corrected chi connectivity index (χ3v) is 5.68. The molecule has 1 N–H and O–H groups in total. The molecular formula is C16H17ClF3NO3. The van der Waals surface area contributed by atoms with Gasteiger partial charge in [-0.15, -0.1) is 0 Å².